The Kier molecular flexibility index (Phi) is 8.34. The first-order valence-electron chi connectivity index (χ1n) is 8.98. The van der Waals surface area contributed by atoms with E-state index in [4.69, 9.17) is 9.47 Å². The largest absolute Gasteiger partial charge is 0.444 e. The van der Waals surface area contributed by atoms with Crippen LogP contribution in [0.2, 0.25) is 0 Å². The van der Waals surface area contributed by atoms with Gasteiger partial charge >= 0.3 is 6.09 Å². The fraction of sp³-hybridized carbons (Fsp3) is 0.944. The Morgan fingerprint density at radius 1 is 1.17 bits per heavy atom. The van der Waals surface area contributed by atoms with Gasteiger partial charge < -0.3 is 20.1 Å². The highest BCUT2D eigenvalue weighted by atomic mass is 16.6. The summed E-state index contributed by atoms with van der Waals surface area (Å²) < 4.78 is 10.8. The molecule has 2 N–H and O–H groups in total. The van der Waals surface area contributed by atoms with E-state index in [9.17, 15) is 4.79 Å². The maximum atomic E-state index is 11.9. The van der Waals surface area contributed by atoms with Gasteiger partial charge in [-0.15, -0.1) is 0 Å². The van der Waals surface area contributed by atoms with Gasteiger partial charge in [0.15, 0.2) is 0 Å². The molecule has 1 amide bonds. The van der Waals surface area contributed by atoms with Crippen LogP contribution in [-0.4, -0.2) is 43.5 Å². The summed E-state index contributed by atoms with van der Waals surface area (Å²) in [6, 6.07) is 0.503. The van der Waals surface area contributed by atoms with Crippen molar-refractivity contribution >= 4 is 6.09 Å². The zero-order valence-electron chi connectivity index (χ0n) is 15.8. The van der Waals surface area contributed by atoms with Crippen LogP contribution < -0.4 is 10.6 Å². The first-order chi connectivity index (χ1) is 10.7. The van der Waals surface area contributed by atoms with E-state index in [0.717, 1.165) is 0 Å². The molecule has 0 aliphatic heterocycles. The topological polar surface area (TPSA) is 59.6 Å². The molecule has 23 heavy (non-hydrogen) atoms. The molecule has 5 heteroatoms. The van der Waals surface area contributed by atoms with Crippen LogP contribution in [0.15, 0.2) is 0 Å². The molecular formula is C18H36N2O3. The van der Waals surface area contributed by atoms with Crippen LogP contribution in [0.25, 0.3) is 0 Å². The molecule has 0 aromatic rings. The van der Waals surface area contributed by atoms with Gasteiger partial charge in [-0.05, 0) is 53.4 Å². The van der Waals surface area contributed by atoms with Crippen LogP contribution in [0.5, 0.6) is 0 Å². The minimum Gasteiger partial charge on any atom is -0.444 e. The molecule has 5 nitrogen and oxygen atoms in total. The van der Waals surface area contributed by atoms with Gasteiger partial charge in [-0.1, -0.05) is 19.3 Å². The van der Waals surface area contributed by atoms with Gasteiger partial charge in [-0.25, -0.2) is 4.79 Å². The van der Waals surface area contributed by atoms with Gasteiger partial charge in [0.25, 0.3) is 0 Å². The molecule has 0 heterocycles. The number of amides is 1. The number of ether oxygens (including phenoxy) is 2. The molecule has 0 bridgehead atoms. The van der Waals surface area contributed by atoms with Crippen LogP contribution in [0.3, 0.4) is 0 Å². The minimum absolute atomic E-state index is 0.141. The highest BCUT2D eigenvalue weighted by Crippen LogP contribution is 2.26. The summed E-state index contributed by atoms with van der Waals surface area (Å²) in [4.78, 5) is 11.9. The number of hydrogen-bond donors (Lipinski definition) is 2. The molecule has 0 saturated heterocycles. The van der Waals surface area contributed by atoms with Crippen molar-refractivity contribution in [2.75, 3.05) is 13.7 Å². The summed E-state index contributed by atoms with van der Waals surface area (Å²) in [6.07, 6.45) is 6.14. The van der Waals surface area contributed by atoms with Crippen molar-refractivity contribution in [2.45, 2.75) is 90.5 Å². The lowest BCUT2D eigenvalue weighted by atomic mass is 9.83. The molecule has 3 atom stereocenters. The molecule has 1 aliphatic rings. The average molecular weight is 328 g/mol. The number of nitrogens with one attached hydrogen (secondary N) is 2. The fourth-order valence-electron chi connectivity index (χ4n) is 3.08. The smallest absolute Gasteiger partial charge is 0.407 e. The number of alkyl carbamates (subject to hydrolysis) is 1. The highest BCUT2D eigenvalue weighted by Gasteiger charge is 2.27. The van der Waals surface area contributed by atoms with Gasteiger partial charge in [0, 0.05) is 25.7 Å². The van der Waals surface area contributed by atoms with Crippen molar-refractivity contribution in [1.82, 2.24) is 10.6 Å². The molecule has 136 valence electrons. The zero-order valence-corrected chi connectivity index (χ0v) is 15.8. The van der Waals surface area contributed by atoms with Crippen molar-refractivity contribution in [2.24, 2.45) is 5.92 Å². The van der Waals surface area contributed by atoms with E-state index in [1.165, 1.54) is 32.1 Å². The van der Waals surface area contributed by atoms with E-state index in [0.29, 0.717) is 12.5 Å². The lowest BCUT2D eigenvalue weighted by Gasteiger charge is -2.34. The molecule has 0 aromatic heterocycles. The molecule has 1 fully saturated rings. The van der Waals surface area contributed by atoms with Gasteiger partial charge in [-0.3, -0.25) is 0 Å². The summed E-state index contributed by atoms with van der Waals surface area (Å²) in [5.41, 5.74) is -0.463. The Balaban J connectivity index is 2.58. The highest BCUT2D eigenvalue weighted by molar-refractivity contribution is 5.67. The van der Waals surface area contributed by atoms with Crippen molar-refractivity contribution in [1.29, 1.82) is 0 Å². The predicted octanol–water partition coefficient (Wildman–Crippen LogP) is 3.47. The zero-order chi connectivity index (χ0) is 17.5. The summed E-state index contributed by atoms with van der Waals surface area (Å²) in [7, 11) is 1.73. The SMILES string of the molecule is COC(C)C(C)NC(CNC(=O)OC(C)(C)C)C1CCCCC1. The third-order valence-corrected chi connectivity index (χ3v) is 4.64. The molecule has 0 radical (unpaired) electrons. The van der Waals surface area contributed by atoms with Crippen molar-refractivity contribution < 1.29 is 14.3 Å². The number of carbonyl (C=O) groups is 1. The van der Waals surface area contributed by atoms with E-state index >= 15 is 0 Å². The molecule has 1 aliphatic carbocycles. The Labute approximate surface area is 141 Å². The van der Waals surface area contributed by atoms with Crippen molar-refractivity contribution in [3.05, 3.63) is 0 Å². The Hall–Kier alpha value is -0.810. The van der Waals surface area contributed by atoms with E-state index in [2.05, 4.69) is 24.5 Å². The van der Waals surface area contributed by atoms with E-state index in [-0.39, 0.29) is 24.3 Å². The molecule has 0 aromatic carbocycles. The van der Waals surface area contributed by atoms with Gasteiger partial charge in [-0.2, -0.15) is 0 Å². The van der Waals surface area contributed by atoms with Gasteiger partial charge in [0.05, 0.1) is 6.10 Å². The van der Waals surface area contributed by atoms with Crippen LogP contribution >= 0.6 is 0 Å². The first kappa shape index (κ1) is 20.2. The normalized spacial score (nSPS) is 20.6. The van der Waals surface area contributed by atoms with Gasteiger partial charge in [0.2, 0.25) is 0 Å². The Morgan fingerprint density at radius 3 is 2.30 bits per heavy atom. The molecule has 1 saturated carbocycles. The van der Waals surface area contributed by atoms with Crippen molar-refractivity contribution in [3.63, 3.8) is 0 Å². The van der Waals surface area contributed by atoms with E-state index in [1.54, 1.807) is 7.11 Å². The number of hydrogen-bond acceptors (Lipinski definition) is 4. The second-order valence-electron chi connectivity index (χ2n) is 7.78. The third kappa shape index (κ3) is 8.02. The lowest BCUT2D eigenvalue weighted by Crippen LogP contribution is -2.52. The standard InChI is InChI=1S/C18H36N2O3/c1-13(14(2)22-6)20-16(15-10-8-7-9-11-15)12-19-17(21)23-18(3,4)5/h13-16,20H,7-12H2,1-6H3,(H,19,21). The quantitative estimate of drug-likeness (QED) is 0.751. The summed E-state index contributed by atoms with van der Waals surface area (Å²) >= 11 is 0. The van der Waals surface area contributed by atoms with Gasteiger partial charge in [0.1, 0.15) is 5.60 Å². The maximum absolute atomic E-state index is 11.9. The summed E-state index contributed by atoms with van der Waals surface area (Å²) in [6.45, 7) is 10.4. The molecule has 0 spiro atoms. The number of methoxy groups -OCH3 is 1. The number of carbonyl (C=O) groups excluding carboxylic acids is 1. The molecular weight excluding hydrogens is 292 g/mol. The third-order valence-electron chi connectivity index (χ3n) is 4.64. The van der Waals surface area contributed by atoms with Crippen LogP contribution in [-0.2, 0) is 9.47 Å². The lowest BCUT2D eigenvalue weighted by molar-refractivity contribution is 0.0502. The monoisotopic (exact) mass is 328 g/mol. The maximum Gasteiger partial charge on any atom is 0.407 e. The Morgan fingerprint density at radius 2 is 1.78 bits per heavy atom. The van der Waals surface area contributed by atoms with Crippen LogP contribution in [0, 0.1) is 5.92 Å². The fourth-order valence-corrected chi connectivity index (χ4v) is 3.08. The second kappa shape index (κ2) is 9.48. The second-order valence-corrected chi connectivity index (χ2v) is 7.78. The first-order valence-corrected chi connectivity index (χ1v) is 8.98. The van der Waals surface area contributed by atoms with E-state index in [1.807, 2.05) is 20.8 Å². The van der Waals surface area contributed by atoms with Crippen LogP contribution in [0.4, 0.5) is 4.79 Å². The predicted molar refractivity (Wildman–Crippen MR) is 93.7 cm³/mol. The summed E-state index contributed by atoms with van der Waals surface area (Å²) in [5.74, 6) is 0.602. The van der Waals surface area contributed by atoms with Crippen molar-refractivity contribution in [3.8, 4) is 0 Å². The Bertz CT molecular complexity index is 349. The van der Waals surface area contributed by atoms with Crippen LogP contribution in [0.1, 0.15) is 66.7 Å². The minimum atomic E-state index is -0.463. The summed E-state index contributed by atoms with van der Waals surface area (Å²) in [5, 5.41) is 6.59. The van der Waals surface area contributed by atoms with E-state index < -0.39 is 5.60 Å². The average Bonchev–Trinajstić information content (AvgIpc) is 2.49. The molecule has 3 unspecified atom stereocenters. The molecule has 1 rings (SSSR count). The number of rotatable bonds is 7.